The summed E-state index contributed by atoms with van der Waals surface area (Å²) >= 11 is 3.06. The third-order valence-corrected chi connectivity index (χ3v) is 7.06. The maximum atomic E-state index is 13.2. The molecule has 5 rings (SSSR count). The second-order valence-electron chi connectivity index (χ2n) is 7.56. The molecule has 30 heavy (non-hydrogen) atoms. The number of rotatable bonds is 5. The molecule has 1 aliphatic heterocycles. The van der Waals surface area contributed by atoms with Crippen molar-refractivity contribution in [3.63, 3.8) is 0 Å². The van der Waals surface area contributed by atoms with Crippen LogP contribution in [0.25, 0.3) is 10.7 Å². The first-order valence-corrected chi connectivity index (χ1v) is 11.8. The molecule has 1 N–H and O–H groups in total. The van der Waals surface area contributed by atoms with Crippen molar-refractivity contribution in [2.75, 3.05) is 16.0 Å². The Balaban J connectivity index is 1.39. The van der Waals surface area contributed by atoms with Crippen molar-refractivity contribution >= 4 is 46.3 Å². The number of thiophene rings is 1. The van der Waals surface area contributed by atoms with Gasteiger partial charge in [-0.05, 0) is 43.3 Å². The van der Waals surface area contributed by atoms with E-state index in [-0.39, 0.29) is 30.0 Å². The molecule has 1 atom stereocenters. The molecular formula is C21H21N5O2S2. The van der Waals surface area contributed by atoms with Crippen LogP contribution in [0.15, 0.2) is 46.9 Å². The lowest BCUT2D eigenvalue weighted by Crippen LogP contribution is -2.40. The number of fused-ring (bicyclic) bond motifs is 1. The average molecular weight is 440 g/mol. The SMILES string of the molecule is C[C@@H]1CC(=O)Nc2ccccc2N1C(=O)CSc1nnc(-c2cccs2)n1C1CC1. The van der Waals surface area contributed by atoms with Gasteiger partial charge in [0.2, 0.25) is 11.8 Å². The molecular weight excluding hydrogens is 418 g/mol. The van der Waals surface area contributed by atoms with Gasteiger partial charge in [-0.15, -0.1) is 21.5 Å². The minimum atomic E-state index is -0.218. The van der Waals surface area contributed by atoms with Gasteiger partial charge in [0.05, 0.1) is 22.0 Å². The van der Waals surface area contributed by atoms with Gasteiger partial charge in [-0.3, -0.25) is 14.2 Å². The summed E-state index contributed by atoms with van der Waals surface area (Å²) in [6.45, 7) is 1.91. The van der Waals surface area contributed by atoms with Crippen LogP contribution >= 0.6 is 23.1 Å². The number of aromatic nitrogens is 3. The van der Waals surface area contributed by atoms with Gasteiger partial charge >= 0.3 is 0 Å². The van der Waals surface area contributed by atoms with Gasteiger partial charge in [0, 0.05) is 18.5 Å². The number of nitrogens with zero attached hydrogens (tertiary/aromatic N) is 4. The summed E-state index contributed by atoms with van der Waals surface area (Å²) in [6.07, 6.45) is 2.50. The Morgan fingerprint density at radius 2 is 2.07 bits per heavy atom. The second-order valence-corrected chi connectivity index (χ2v) is 9.45. The van der Waals surface area contributed by atoms with Gasteiger partial charge in [0.15, 0.2) is 11.0 Å². The van der Waals surface area contributed by atoms with E-state index in [9.17, 15) is 9.59 Å². The number of thioether (sulfide) groups is 1. The lowest BCUT2D eigenvalue weighted by molar-refractivity contribution is -0.117. The Morgan fingerprint density at radius 3 is 2.83 bits per heavy atom. The molecule has 3 heterocycles. The summed E-state index contributed by atoms with van der Waals surface area (Å²) in [6, 6.07) is 11.7. The van der Waals surface area contributed by atoms with Crippen LogP contribution in [0.1, 0.15) is 32.2 Å². The van der Waals surface area contributed by atoms with E-state index in [4.69, 9.17) is 0 Å². The summed E-state index contributed by atoms with van der Waals surface area (Å²) in [7, 11) is 0. The first-order valence-electron chi connectivity index (χ1n) is 9.94. The van der Waals surface area contributed by atoms with Crippen LogP contribution in [-0.2, 0) is 9.59 Å². The number of anilines is 2. The normalized spacial score (nSPS) is 18.6. The lowest BCUT2D eigenvalue weighted by atomic mass is 10.2. The van der Waals surface area contributed by atoms with E-state index in [0.29, 0.717) is 11.7 Å². The van der Waals surface area contributed by atoms with Crippen LogP contribution in [0.3, 0.4) is 0 Å². The summed E-state index contributed by atoms with van der Waals surface area (Å²) < 4.78 is 2.18. The number of hydrogen-bond acceptors (Lipinski definition) is 6. The minimum Gasteiger partial charge on any atom is -0.324 e. The Morgan fingerprint density at radius 1 is 1.23 bits per heavy atom. The summed E-state index contributed by atoms with van der Waals surface area (Å²) in [4.78, 5) is 28.2. The quantitative estimate of drug-likeness (QED) is 0.603. The highest BCUT2D eigenvalue weighted by molar-refractivity contribution is 7.99. The Bertz CT molecular complexity index is 1090. The number of hydrogen-bond donors (Lipinski definition) is 1. The van der Waals surface area contributed by atoms with Crippen molar-refractivity contribution < 1.29 is 9.59 Å². The van der Waals surface area contributed by atoms with E-state index in [1.54, 1.807) is 16.2 Å². The van der Waals surface area contributed by atoms with Crippen molar-refractivity contribution in [3.8, 4) is 10.7 Å². The van der Waals surface area contributed by atoms with E-state index in [1.165, 1.54) is 11.8 Å². The van der Waals surface area contributed by atoms with Crippen LogP contribution in [0.5, 0.6) is 0 Å². The van der Waals surface area contributed by atoms with Crippen LogP contribution in [0.2, 0.25) is 0 Å². The highest BCUT2D eigenvalue weighted by Gasteiger charge is 2.32. The molecule has 1 aromatic carbocycles. The number of benzene rings is 1. The van der Waals surface area contributed by atoms with Gasteiger partial charge in [0.25, 0.3) is 0 Å². The lowest BCUT2D eigenvalue weighted by Gasteiger charge is -2.27. The number of nitrogens with one attached hydrogen (secondary N) is 1. The fraction of sp³-hybridized carbons (Fsp3) is 0.333. The van der Waals surface area contributed by atoms with Gasteiger partial charge < -0.3 is 10.2 Å². The van der Waals surface area contributed by atoms with E-state index in [0.717, 1.165) is 34.4 Å². The van der Waals surface area contributed by atoms with Gasteiger partial charge in [-0.1, -0.05) is 30.0 Å². The zero-order chi connectivity index (χ0) is 20.7. The third-order valence-electron chi connectivity index (χ3n) is 5.27. The molecule has 9 heteroatoms. The molecule has 0 radical (unpaired) electrons. The van der Waals surface area contributed by atoms with Crippen LogP contribution in [0.4, 0.5) is 11.4 Å². The predicted molar refractivity (Wildman–Crippen MR) is 119 cm³/mol. The summed E-state index contributed by atoms with van der Waals surface area (Å²) in [5.74, 6) is 1.000. The topological polar surface area (TPSA) is 80.1 Å². The molecule has 0 saturated heterocycles. The average Bonchev–Trinajstić information content (AvgIpc) is 3.28. The molecule has 0 unspecified atom stereocenters. The van der Waals surface area contributed by atoms with Crippen molar-refractivity contribution in [1.29, 1.82) is 0 Å². The molecule has 3 aromatic rings. The standard InChI is InChI=1S/C21H21N5O2S2/c1-13-11-18(27)22-15-5-2-3-6-16(15)25(13)19(28)12-30-21-24-23-20(17-7-4-10-29-17)26(21)14-8-9-14/h2-7,10,13-14H,8-9,11-12H2,1H3,(H,22,27)/t13-/m1/s1. The molecule has 2 aromatic heterocycles. The molecule has 1 saturated carbocycles. The van der Waals surface area contributed by atoms with Crippen molar-refractivity contribution in [2.45, 2.75) is 43.4 Å². The van der Waals surface area contributed by atoms with Crippen LogP contribution in [0, 0.1) is 0 Å². The van der Waals surface area contributed by atoms with Crippen molar-refractivity contribution in [2.24, 2.45) is 0 Å². The van der Waals surface area contributed by atoms with Crippen molar-refractivity contribution in [3.05, 3.63) is 41.8 Å². The zero-order valence-corrected chi connectivity index (χ0v) is 18.1. The second kappa shape index (κ2) is 7.88. The Labute approximate surface area is 182 Å². The highest BCUT2D eigenvalue weighted by Crippen LogP contribution is 2.42. The number of para-hydroxylation sites is 2. The molecule has 0 bridgehead atoms. The smallest absolute Gasteiger partial charge is 0.237 e. The molecule has 2 aliphatic rings. The molecule has 2 amide bonds. The van der Waals surface area contributed by atoms with Crippen LogP contribution < -0.4 is 10.2 Å². The first-order chi connectivity index (χ1) is 14.6. The fourth-order valence-corrected chi connectivity index (χ4v) is 5.35. The Kier molecular flexibility index (Phi) is 5.08. The largest absolute Gasteiger partial charge is 0.324 e. The van der Waals surface area contributed by atoms with Crippen LogP contribution in [-0.4, -0.2) is 38.4 Å². The highest BCUT2D eigenvalue weighted by atomic mass is 32.2. The number of carbonyl (C=O) groups is 2. The zero-order valence-electron chi connectivity index (χ0n) is 16.4. The third kappa shape index (κ3) is 3.63. The fourth-order valence-electron chi connectivity index (χ4n) is 3.77. The number of amides is 2. The van der Waals surface area contributed by atoms with Gasteiger partial charge in [0.1, 0.15) is 0 Å². The van der Waals surface area contributed by atoms with Gasteiger partial charge in [-0.25, -0.2) is 0 Å². The van der Waals surface area contributed by atoms with Crippen molar-refractivity contribution in [1.82, 2.24) is 14.8 Å². The minimum absolute atomic E-state index is 0.0422. The summed E-state index contributed by atoms with van der Waals surface area (Å²) in [5, 5.41) is 14.5. The monoisotopic (exact) mass is 439 g/mol. The van der Waals surface area contributed by atoms with E-state index >= 15 is 0 Å². The van der Waals surface area contributed by atoms with E-state index in [1.807, 2.05) is 48.7 Å². The molecule has 1 aliphatic carbocycles. The molecule has 154 valence electrons. The van der Waals surface area contributed by atoms with Gasteiger partial charge in [-0.2, -0.15) is 0 Å². The first kappa shape index (κ1) is 19.3. The number of carbonyl (C=O) groups excluding carboxylic acids is 2. The molecule has 7 nitrogen and oxygen atoms in total. The van der Waals surface area contributed by atoms with E-state index in [2.05, 4.69) is 20.1 Å². The Hall–Kier alpha value is -2.65. The summed E-state index contributed by atoms with van der Waals surface area (Å²) in [5.41, 5.74) is 1.41. The maximum Gasteiger partial charge on any atom is 0.237 e. The molecule has 1 fully saturated rings. The molecule has 0 spiro atoms. The maximum absolute atomic E-state index is 13.2. The predicted octanol–water partition coefficient (Wildman–Crippen LogP) is 4.20. The van der Waals surface area contributed by atoms with E-state index < -0.39 is 0 Å².